The molecule has 0 bridgehead atoms. The number of ether oxygens (including phenoxy) is 1. The van der Waals surface area contributed by atoms with E-state index >= 15 is 0 Å². The number of hydrogen-bond acceptors (Lipinski definition) is 4. The lowest BCUT2D eigenvalue weighted by atomic mass is 9.99. The Morgan fingerprint density at radius 1 is 1.27 bits per heavy atom. The van der Waals surface area contributed by atoms with Gasteiger partial charge in [-0.3, -0.25) is 19.3 Å². The topological polar surface area (TPSA) is 75.7 Å². The van der Waals surface area contributed by atoms with Crippen LogP contribution in [0.5, 0.6) is 0 Å². The maximum atomic E-state index is 13.1. The van der Waals surface area contributed by atoms with Gasteiger partial charge < -0.3 is 10.1 Å². The van der Waals surface area contributed by atoms with Crippen LogP contribution in [0.3, 0.4) is 0 Å². The fourth-order valence-corrected chi connectivity index (χ4v) is 3.09. The maximum absolute atomic E-state index is 13.1. The van der Waals surface area contributed by atoms with Gasteiger partial charge in [-0.15, -0.1) is 23.2 Å². The van der Waals surface area contributed by atoms with E-state index in [1.165, 1.54) is 18.1 Å². The first-order valence-electron chi connectivity index (χ1n) is 8.82. The minimum Gasteiger partial charge on any atom is -0.499 e. The summed E-state index contributed by atoms with van der Waals surface area (Å²) in [7, 11) is 1.47. The van der Waals surface area contributed by atoms with Gasteiger partial charge in [0.25, 0.3) is 11.8 Å². The fourth-order valence-electron chi connectivity index (χ4n) is 2.84. The van der Waals surface area contributed by atoms with E-state index in [0.29, 0.717) is 30.4 Å². The average molecular weight is 407 g/mol. The molecule has 0 saturated carbocycles. The van der Waals surface area contributed by atoms with E-state index in [9.17, 15) is 14.4 Å². The molecular formula is C18H28Cl2N2O4. The summed E-state index contributed by atoms with van der Waals surface area (Å²) in [4.78, 5) is 38.6. The molecule has 1 heterocycles. The normalized spacial score (nSPS) is 20.4. The van der Waals surface area contributed by atoms with Crippen molar-refractivity contribution in [2.45, 2.75) is 52.1 Å². The Labute approximate surface area is 165 Å². The number of hydrogen-bond donors (Lipinski definition) is 1. The lowest BCUT2D eigenvalue weighted by molar-refractivity contribution is -0.146. The first kappa shape index (κ1) is 22.8. The van der Waals surface area contributed by atoms with Crippen LogP contribution < -0.4 is 5.32 Å². The largest absolute Gasteiger partial charge is 0.499 e. The summed E-state index contributed by atoms with van der Waals surface area (Å²) in [5.41, 5.74) is 0. The number of nitrogens with zero attached hydrogens (tertiary/aromatic N) is 1. The minimum atomic E-state index is -0.807. The molecule has 1 N–H and O–H groups in total. The van der Waals surface area contributed by atoms with E-state index in [0.717, 1.165) is 0 Å². The van der Waals surface area contributed by atoms with Crippen LogP contribution in [0, 0.1) is 11.8 Å². The molecule has 1 aliphatic rings. The van der Waals surface area contributed by atoms with Crippen LogP contribution in [0.2, 0.25) is 0 Å². The lowest BCUT2D eigenvalue weighted by Gasteiger charge is -2.30. The molecule has 0 aromatic heterocycles. The average Bonchev–Trinajstić information content (AvgIpc) is 2.94. The van der Waals surface area contributed by atoms with Gasteiger partial charge in [-0.05, 0) is 24.7 Å². The Bertz CT molecular complexity index is 553. The summed E-state index contributed by atoms with van der Waals surface area (Å²) in [6, 6.07) is -1.32. The molecular weight excluding hydrogens is 379 g/mol. The summed E-state index contributed by atoms with van der Waals surface area (Å²) in [5, 5.41) is 2.72. The van der Waals surface area contributed by atoms with Crippen molar-refractivity contribution in [2.75, 3.05) is 18.9 Å². The number of nitrogens with one attached hydrogen (secondary N) is 1. The number of rotatable bonds is 10. The third kappa shape index (κ3) is 5.88. The monoisotopic (exact) mass is 406 g/mol. The number of imide groups is 1. The third-order valence-corrected chi connectivity index (χ3v) is 5.42. The van der Waals surface area contributed by atoms with Crippen LogP contribution in [0.4, 0.5) is 0 Å². The van der Waals surface area contributed by atoms with Crippen molar-refractivity contribution in [2.24, 2.45) is 11.8 Å². The molecule has 26 heavy (non-hydrogen) atoms. The predicted molar refractivity (Wildman–Crippen MR) is 102 cm³/mol. The number of alkyl halides is 2. The van der Waals surface area contributed by atoms with Gasteiger partial charge in [0.15, 0.2) is 0 Å². The fraction of sp³-hybridized carbons (Fsp3) is 0.722. The molecule has 0 saturated heterocycles. The van der Waals surface area contributed by atoms with Crippen molar-refractivity contribution in [3.63, 3.8) is 0 Å². The van der Waals surface area contributed by atoms with Crippen molar-refractivity contribution in [1.82, 2.24) is 10.2 Å². The molecule has 148 valence electrons. The molecule has 0 aliphatic carbocycles. The predicted octanol–water partition coefficient (Wildman–Crippen LogP) is 2.68. The van der Waals surface area contributed by atoms with E-state index < -0.39 is 23.9 Å². The molecule has 0 radical (unpaired) electrons. The number of amides is 3. The Kier molecular flexibility index (Phi) is 9.44. The number of halogens is 2. The van der Waals surface area contributed by atoms with Crippen molar-refractivity contribution < 1.29 is 19.1 Å². The van der Waals surface area contributed by atoms with Crippen molar-refractivity contribution >= 4 is 40.9 Å². The summed E-state index contributed by atoms with van der Waals surface area (Å²) >= 11 is 11.8. The standard InChI is InChI=1S/C18H28Cl2N2O4/c1-5-16(23)21-13(6-11(2)9-19)18(25)22-14(7-12(3)10-20)15(26-4)8-17(22)24/h8,11-14H,5-7,9-10H2,1-4H3,(H,21,23)/t11-,12-,13+,14-/m0/s1. The first-order chi connectivity index (χ1) is 12.3. The second-order valence-electron chi connectivity index (χ2n) is 6.78. The van der Waals surface area contributed by atoms with E-state index in [1.807, 2.05) is 13.8 Å². The third-order valence-electron chi connectivity index (χ3n) is 4.36. The Morgan fingerprint density at radius 3 is 2.38 bits per heavy atom. The molecule has 8 heteroatoms. The highest BCUT2D eigenvalue weighted by Crippen LogP contribution is 2.28. The molecule has 4 atom stereocenters. The zero-order chi connectivity index (χ0) is 19.9. The van der Waals surface area contributed by atoms with Crippen LogP contribution in [-0.4, -0.2) is 53.6 Å². The van der Waals surface area contributed by atoms with E-state index in [2.05, 4.69) is 5.32 Å². The van der Waals surface area contributed by atoms with Crippen LogP contribution in [-0.2, 0) is 19.1 Å². The highest BCUT2D eigenvalue weighted by molar-refractivity contribution is 6.18. The zero-order valence-electron chi connectivity index (χ0n) is 15.8. The maximum Gasteiger partial charge on any atom is 0.257 e. The van der Waals surface area contributed by atoms with Gasteiger partial charge in [0.2, 0.25) is 5.91 Å². The van der Waals surface area contributed by atoms with Crippen LogP contribution >= 0.6 is 23.2 Å². The van der Waals surface area contributed by atoms with Crippen LogP contribution in [0.25, 0.3) is 0 Å². The highest BCUT2D eigenvalue weighted by Gasteiger charge is 2.41. The van der Waals surface area contributed by atoms with Gasteiger partial charge in [0.05, 0.1) is 13.2 Å². The Balaban J connectivity index is 3.08. The molecule has 0 unspecified atom stereocenters. The van der Waals surface area contributed by atoms with Crippen molar-refractivity contribution in [3.05, 3.63) is 11.8 Å². The van der Waals surface area contributed by atoms with Gasteiger partial charge in [0, 0.05) is 24.3 Å². The summed E-state index contributed by atoms with van der Waals surface area (Å²) < 4.78 is 5.30. The number of carbonyl (C=O) groups is 3. The molecule has 0 aromatic carbocycles. The Morgan fingerprint density at radius 2 is 1.88 bits per heavy atom. The van der Waals surface area contributed by atoms with Gasteiger partial charge >= 0.3 is 0 Å². The highest BCUT2D eigenvalue weighted by atomic mass is 35.5. The molecule has 0 fully saturated rings. The van der Waals surface area contributed by atoms with Crippen molar-refractivity contribution in [1.29, 1.82) is 0 Å². The van der Waals surface area contributed by atoms with Crippen LogP contribution in [0.1, 0.15) is 40.0 Å². The number of carbonyl (C=O) groups excluding carboxylic acids is 3. The van der Waals surface area contributed by atoms with Crippen molar-refractivity contribution in [3.8, 4) is 0 Å². The van der Waals surface area contributed by atoms with Gasteiger partial charge in [0.1, 0.15) is 11.8 Å². The molecule has 1 rings (SSSR count). The first-order valence-corrected chi connectivity index (χ1v) is 9.89. The molecule has 0 spiro atoms. The molecule has 3 amide bonds. The van der Waals surface area contributed by atoms with Gasteiger partial charge in [-0.25, -0.2) is 0 Å². The molecule has 6 nitrogen and oxygen atoms in total. The quantitative estimate of drug-likeness (QED) is 0.565. The van der Waals surface area contributed by atoms with E-state index in [1.54, 1.807) is 6.92 Å². The second-order valence-corrected chi connectivity index (χ2v) is 7.39. The minimum absolute atomic E-state index is 0.00977. The number of methoxy groups -OCH3 is 1. The zero-order valence-corrected chi connectivity index (χ0v) is 17.3. The summed E-state index contributed by atoms with van der Waals surface area (Å²) in [6.07, 6.45) is 2.44. The SMILES string of the molecule is CCC(=O)N[C@H](C[C@H](C)CCl)C(=O)N1C(=O)C=C(OC)[C@@H]1C[C@H](C)CCl. The smallest absolute Gasteiger partial charge is 0.257 e. The van der Waals surface area contributed by atoms with Gasteiger partial charge in [-0.1, -0.05) is 20.8 Å². The lowest BCUT2D eigenvalue weighted by Crippen LogP contribution is -2.53. The molecule has 1 aliphatic heterocycles. The Hall–Kier alpha value is -1.27. The molecule has 0 aromatic rings. The summed E-state index contributed by atoms with van der Waals surface area (Å²) in [6.45, 7) is 5.54. The van der Waals surface area contributed by atoms with Crippen LogP contribution in [0.15, 0.2) is 11.8 Å². The van der Waals surface area contributed by atoms with Gasteiger partial charge in [-0.2, -0.15) is 0 Å². The summed E-state index contributed by atoms with van der Waals surface area (Å²) in [5.74, 6) is 0.171. The van der Waals surface area contributed by atoms with E-state index in [4.69, 9.17) is 27.9 Å². The second kappa shape index (κ2) is 10.8. The van der Waals surface area contributed by atoms with E-state index in [-0.39, 0.29) is 24.2 Å².